The lowest BCUT2D eigenvalue weighted by atomic mass is 10.1. The van der Waals surface area contributed by atoms with Crippen LogP contribution in [0.4, 0.5) is 0 Å². The van der Waals surface area contributed by atoms with Gasteiger partial charge in [0.25, 0.3) is 0 Å². The smallest absolute Gasteiger partial charge is 0.305 e. The molecule has 24 heavy (non-hydrogen) atoms. The van der Waals surface area contributed by atoms with Crippen molar-refractivity contribution in [2.75, 3.05) is 20.7 Å². The average Bonchev–Trinajstić information content (AvgIpc) is 2.64. The second-order valence-electron chi connectivity index (χ2n) is 5.63. The molecule has 1 atom stereocenters. The second-order valence-corrected chi connectivity index (χ2v) is 5.63. The van der Waals surface area contributed by atoms with Crippen LogP contribution in [-0.2, 0) is 16.0 Å². The van der Waals surface area contributed by atoms with Crippen molar-refractivity contribution >= 4 is 5.97 Å². The van der Waals surface area contributed by atoms with Gasteiger partial charge in [-0.25, -0.2) is 0 Å². The number of methoxy groups -OCH3 is 1. The van der Waals surface area contributed by atoms with Gasteiger partial charge in [0, 0.05) is 12.8 Å². The summed E-state index contributed by atoms with van der Waals surface area (Å²) in [6.45, 7) is 0.886. The Bertz CT molecular complexity index is 611. The van der Waals surface area contributed by atoms with Crippen molar-refractivity contribution in [2.24, 2.45) is 0 Å². The maximum Gasteiger partial charge on any atom is 0.305 e. The number of carbonyl (C=O) groups is 1. The third kappa shape index (κ3) is 5.70. The normalized spacial score (nSPS) is 11.8. The Labute approximate surface area is 143 Å². The highest BCUT2D eigenvalue weighted by Crippen LogP contribution is 2.25. The highest BCUT2D eigenvalue weighted by molar-refractivity contribution is 5.69. The Morgan fingerprint density at radius 3 is 2.42 bits per heavy atom. The number of nitrogens with one attached hydrogen (secondary N) is 1. The molecule has 4 heteroatoms. The summed E-state index contributed by atoms with van der Waals surface area (Å²) in [4.78, 5) is 11.2. The standard InChI is InChI=1S/C20H25NO3/c1-21-15-14-19(17-6-4-3-5-7-17)24-18-11-8-16(9-12-18)10-13-20(22)23-2/h3-9,11-12,19,21H,10,13-15H2,1-2H3. The molecular formula is C20H25NO3. The van der Waals surface area contributed by atoms with Crippen LogP contribution in [0.15, 0.2) is 54.6 Å². The third-order valence-corrected chi connectivity index (χ3v) is 3.88. The first kappa shape index (κ1) is 18.0. The van der Waals surface area contributed by atoms with Gasteiger partial charge in [0.2, 0.25) is 0 Å². The second kappa shape index (κ2) is 9.73. The summed E-state index contributed by atoms with van der Waals surface area (Å²) in [6, 6.07) is 18.2. The quantitative estimate of drug-likeness (QED) is 0.716. The van der Waals surface area contributed by atoms with Crippen molar-refractivity contribution in [1.82, 2.24) is 5.32 Å². The fourth-order valence-electron chi connectivity index (χ4n) is 2.48. The predicted molar refractivity (Wildman–Crippen MR) is 95.1 cm³/mol. The summed E-state index contributed by atoms with van der Waals surface area (Å²) in [5.41, 5.74) is 2.27. The number of rotatable bonds is 9. The molecule has 2 aromatic carbocycles. The number of hydrogen-bond donors (Lipinski definition) is 1. The van der Waals surface area contributed by atoms with Gasteiger partial charge < -0.3 is 14.8 Å². The van der Waals surface area contributed by atoms with Crippen molar-refractivity contribution in [3.63, 3.8) is 0 Å². The van der Waals surface area contributed by atoms with E-state index in [9.17, 15) is 4.79 Å². The Morgan fingerprint density at radius 1 is 1.08 bits per heavy atom. The van der Waals surface area contributed by atoms with Crippen molar-refractivity contribution < 1.29 is 14.3 Å². The van der Waals surface area contributed by atoms with Crippen LogP contribution in [-0.4, -0.2) is 26.7 Å². The van der Waals surface area contributed by atoms with Gasteiger partial charge in [0.15, 0.2) is 0 Å². The van der Waals surface area contributed by atoms with Crippen molar-refractivity contribution in [2.45, 2.75) is 25.4 Å². The lowest BCUT2D eigenvalue weighted by Crippen LogP contribution is -2.16. The van der Waals surface area contributed by atoms with Gasteiger partial charge >= 0.3 is 5.97 Å². The van der Waals surface area contributed by atoms with Crippen molar-refractivity contribution in [3.8, 4) is 5.75 Å². The molecule has 0 radical (unpaired) electrons. The summed E-state index contributed by atoms with van der Waals surface area (Å²) in [6.07, 6.45) is 1.98. The Balaban J connectivity index is 1.99. The molecule has 0 heterocycles. The minimum absolute atomic E-state index is 0.0135. The SMILES string of the molecule is CNCCC(Oc1ccc(CCC(=O)OC)cc1)c1ccccc1. The molecule has 0 fully saturated rings. The van der Waals surface area contributed by atoms with E-state index in [2.05, 4.69) is 22.2 Å². The van der Waals surface area contributed by atoms with Crippen LogP contribution >= 0.6 is 0 Å². The van der Waals surface area contributed by atoms with Gasteiger partial charge in [0.1, 0.15) is 11.9 Å². The average molecular weight is 327 g/mol. The van der Waals surface area contributed by atoms with Crippen LogP contribution in [0.2, 0.25) is 0 Å². The van der Waals surface area contributed by atoms with Crippen molar-refractivity contribution in [1.29, 1.82) is 0 Å². The molecule has 4 nitrogen and oxygen atoms in total. The predicted octanol–water partition coefficient (Wildman–Crippen LogP) is 3.52. The highest BCUT2D eigenvalue weighted by Gasteiger charge is 2.12. The summed E-state index contributed by atoms with van der Waals surface area (Å²) in [7, 11) is 3.35. The van der Waals surface area contributed by atoms with E-state index in [0.717, 1.165) is 24.3 Å². The van der Waals surface area contributed by atoms with Crippen LogP contribution in [0.3, 0.4) is 0 Å². The molecule has 0 bridgehead atoms. The molecule has 0 aromatic heterocycles. The summed E-state index contributed by atoms with van der Waals surface area (Å²) >= 11 is 0. The zero-order chi connectivity index (χ0) is 17.2. The fraction of sp³-hybridized carbons (Fsp3) is 0.350. The van der Waals surface area contributed by atoms with Crippen LogP contribution < -0.4 is 10.1 Å². The molecule has 2 rings (SSSR count). The maximum atomic E-state index is 11.2. The molecule has 1 N–H and O–H groups in total. The van der Waals surface area contributed by atoms with E-state index in [1.54, 1.807) is 0 Å². The topological polar surface area (TPSA) is 47.6 Å². The molecular weight excluding hydrogens is 302 g/mol. The Hall–Kier alpha value is -2.33. The number of hydrogen-bond acceptors (Lipinski definition) is 4. The van der Waals surface area contributed by atoms with E-state index in [1.165, 1.54) is 12.7 Å². The van der Waals surface area contributed by atoms with E-state index in [0.29, 0.717) is 12.8 Å². The van der Waals surface area contributed by atoms with Crippen LogP contribution in [0.1, 0.15) is 30.1 Å². The van der Waals surface area contributed by atoms with Gasteiger partial charge in [-0.3, -0.25) is 4.79 Å². The fourth-order valence-corrected chi connectivity index (χ4v) is 2.48. The molecule has 0 amide bonds. The first-order valence-corrected chi connectivity index (χ1v) is 8.25. The van der Waals surface area contributed by atoms with Gasteiger partial charge in [-0.15, -0.1) is 0 Å². The minimum Gasteiger partial charge on any atom is -0.486 e. The molecule has 0 aliphatic heterocycles. The molecule has 0 saturated carbocycles. The first-order chi connectivity index (χ1) is 11.7. The van der Waals surface area contributed by atoms with Crippen molar-refractivity contribution in [3.05, 3.63) is 65.7 Å². The van der Waals surface area contributed by atoms with Gasteiger partial charge in [-0.1, -0.05) is 42.5 Å². The highest BCUT2D eigenvalue weighted by atomic mass is 16.5. The Morgan fingerprint density at radius 2 is 1.79 bits per heavy atom. The molecule has 0 spiro atoms. The zero-order valence-electron chi connectivity index (χ0n) is 14.3. The maximum absolute atomic E-state index is 11.2. The molecule has 1 unspecified atom stereocenters. The molecule has 128 valence electrons. The third-order valence-electron chi connectivity index (χ3n) is 3.88. The zero-order valence-corrected chi connectivity index (χ0v) is 14.3. The van der Waals surface area contributed by atoms with E-state index in [-0.39, 0.29) is 12.1 Å². The molecule has 0 saturated heterocycles. The number of esters is 1. The number of ether oxygens (including phenoxy) is 2. The summed E-state index contributed by atoms with van der Waals surface area (Å²) < 4.78 is 10.8. The van der Waals surface area contributed by atoms with E-state index in [1.807, 2.05) is 49.5 Å². The van der Waals surface area contributed by atoms with E-state index >= 15 is 0 Å². The number of aryl methyl sites for hydroxylation is 1. The van der Waals surface area contributed by atoms with Crippen LogP contribution in [0.5, 0.6) is 5.75 Å². The van der Waals surface area contributed by atoms with Crippen LogP contribution in [0.25, 0.3) is 0 Å². The molecule has 0 aliphatic carbocycles. The molecule has 0 aliphatic rings. The molecule has 2 aromatic rings. The monoisotopic (exact) mass is 327 g/mol. The minimum atomic E-state index is -0.188. The van der Waals surface area contributed by atoms with Gasteiger partial charge in [0.05, 0.1) is 7.11 Å². The lowest BCUT2D eigenvalue weighted by Gasteiger charge is -2.20. The van der Waals surface area contributed by atoms with Gasteiger partial charge in [-0.2, -0.15) is 0 Å². The van der Waals surface area contributed by atoms with E-state index < -0.39 is 0 Å². The number of carbonyl (C=O) groups excluding carboxylic acids is 1. The van der Waals surface area contributed by atoms with Crippen LogP contribution in [0, 0.1) is 0 Å². The van der Waals surface area contributed by atoms with Gasteiger partial charge in [-0.05, 0) is 43.3 Å². The lowest BCUT2D eigenvalue weighted by molar-refractivity contribution is -0.140. The largest absolute Gasteiger partial charge is 0.486 e. The summed E-state index contributed by atoms with van der Waals surface area (Å²) in [5, 5.41) is 3.17. The number of benzene rings is 2. The summed E-state index contributed by atoms with van der Waals surface area (Å²) in [5.74, 6) is 0.647. The van der Waals surface area contributed by atoms with E-state index in [4.69, 9.17) is 4.74 Å². The Kier molecular flexibility index (Phi) is 7.30. The first-order valence-electron chi connectivity index (χ1n) is 8.25.